The van der Waals surface area contributed by atoms with E-state index in [1.807, 2.05) is 6.07 Å². The number of benzene rings is 3. The predicted octanol–water partition coefficient (Wildman–Crippen LogP) is 4.83. The second-order valence-electron chi connectivity index (χ2n) is 7.09. The summed E-state index contributed by atoms with van der Waals surface area (Å²) in [6, 6.07) is 27.7. The molecule has 0 spiro atoms. The largest absolute Gasteiger partial charge is 0.342 e. The Kier molecular flexibility index (Phi) is 3.80. The number of aromatic amines is 1. The van der Waals surface area contributed by atoms with E-state index in [2.05, 4.69) is 82.7 Å². The van der Waals surface area contributed by atoms with Crippen molar-refractivity contribution in [1.82, 2.24) is 14.9 Å². The molecule has 2 heterocycles. The Hall–Kier alpha value is -2.91. The number of hydrogen-bond acceptors (Lipinski definition) is 2. The van der Waals surface area contributed by atoms with Gasteiger partial charge in [0, 0.05) is 25.6 Å². The zero-order valence-electron chi connectivity index (χ0n) is 14.6. The summed E-state index contributed by atoms with van der Waals surface area (Å²) in [5.41, 5.74) is 6.12. The van der Waals surface area contributed by atoms with Crippen LogP contribution in [0.15, 0.2) is 78.9 Å². The second-order valence-corrected chi connectivity index (χ2v) is 7.09. The standard InChI is InChI=1S/C23H21N3/c1-2-6-18(7-3-1)19-12-10-17(11-13-19)14-26-15-20(16-26)23-24-21-8-4-5-9-22(21)25-23/h1-13,20H,14-16H2,(H,24,25). The lowest BCUT2D eigenvalue weighted by atomic mass is 9.98. The minimum atomic E-state index is 0.519. The summed E-state index contributed by atoms with van der Waals surface area (Å²) in [6.45, 7) is 3.15. The molecule has 0 radical (unpaired) electrons. The first-order chi connectivity index (χ1) is 12.8. The Morgan fingerprint density at radius 2 is 1.50 bits per heavy atom. The summed E-state index contributed by atoms with van der Waals surface area (Å²) in [7, 11) is 0. The van der Waals surface area contributed by atoms with Crippen LogP contribution in [0.25, 0.3) is 22.2 Å². The molecule has 0 aliphatic carbocycles. The average molecular weight is 339 g/mol. The lowest BCUT2D eigenvalue weighted by Crippen LogP contribution is -2.44. The van der Waals surface area contributed by atoms with Gasteiger partial charge in [-0.2, -0.15) is 0 Å². The van der Waals surface area contributed by atoms with Gasteiger partial charge in [-0.05, 0) is 28.8 Å². The molecule has 128 valence electrons. The monoisotopic (exact) mass is 339 g/mol. The van der Waals surface area contributed by atoms with Crippen LogP contribution in [-0.2, 0) is 6.54 Å². The number of para-hydroxylation sites is 2. The van der Waals surface area contributed by atoms with E-state index in [1.54, 1.807) is 0 Å². The van der Waals surface area contributed by atoms with Gasteiger partial charge in [0.15, 0.2) is 0 Å². The summed E-state index contributed by atoms with van der Waals surface area (Å²) in [5, 5.41) is 0. The molecule has 1 fully saturated rings. The van der Waals surface area contributed by atoms with Crippen LogP contribution in [0.2, 0.25) is 0 Å². The predicted molar refractivity (Wildman–Crippen MR) is 106 cm³/mol. The van der Waals surface area contributed by atoms with Crippen molar-refractivity contribution < 1.29 is 0 Å². The molecule has 0 atom stereocenters. The molecule has 0 bridgehead atoms. The van der Waals surface area contributed by atoms with Gasteiger partial charge in [0.2, 0.25) is 0 Å². The highest BCUT2D eigenvalue weighted by molar-refractivity contribution is 5.74. The summed E-state index contributed by atoms with van der Waals surface area (Å²) in [6.07, 6.45) is 0. The SMILES string of the molecule is c1ccc(-c2ccc(CN3CC(c4nc5ccccc5[nH]4)C3)cc2)cc1. The molecule has 0 unspecified atom stereocenters. The maximum absolute atomic E-state index is 4.74. The van der Waals surface area contributed by atoms with Crippen LogP contribution >= 0.6 is 0 Å². The number of fused-ring (bicyclic) bond motifs is 1. The molecule has 1 aliphatic rings. The van der Waals surface area contributed by atoms with Crippen molar-refractivity contribution in [2.75, 3.05) is 13.1 Å². The Bertz CT molecular complexity index is 979. The minimum Gasteiger partial charge on any atom is -0.342 e. The van der Waals surface area contributed by atoms with E-state index in [0.29, 0.717) is 5.92 Å². The fourth-order valence-electron chi connectivity index (χ4n) is 3.73. The molecule has 4 aromatic rings. The highest BCUT2D eigenvalue weighted by atomic mass is 15.2. The first-order valence-electron chi connectivity index (χ1n) is 9.16. The van der Waals surface area contributed by atoms with E-state index in [4.69, 9.17) is 4.98 Å². The van der Waals surface area contributed by atoms with Gasteiger partial charge < -0.3 is 4.98 Å². The van der Waals surface area contributed by atoms with Crippen molar-refractivity contribution in [3.63, 3.8) is 0 Å². The number of likely N-dealkylation sites (tertiary alicyclic amines) is 1. The molecule has 1 N–H and O–H groups in total. The lowest BCUT2D eigenvalue weighted by molar-refractivity contribution is 0.135. The molecule has 0 amide bonds. The quantitative estimate of drug-likeness (QED) is 0.577. The Morgan fingerprint density at radius 1 is 0.808 bits per heavy atom. The number of nitrogens with zero attached hydrogens (tertiary/aromatic N) is 2. The van der Waals surface area contributed by atoms with Gasteiger partial charge in [0.05, 0.1) is 11.0 Å². The van der Waals surface area contributed by atoms with Gasteiger partial charge in [0.1, 0.15) is 5.82 Å². The van der Waals surface area contributed by atoms with Gasteiger partial charge in [-0.3, -0.25) is 4.90 Å². The van der Waals surface area contributed by atoms with Crippen LogP contribution in [0, 0.1) is 0 Å². The highest BCUT2D eigenvalue weighted by Crippen LogP contribution is 2.28. The van der Waals surface area contributed by atoms with Gasteiger partial charge in [-0.15, -0.1) is 0 Å². The molecular weight excluding hydrogens is 318 g/mol. The van der Waals surface area contributed by atoms with Crippen molar-refractivity contribution >= 4 is 11.0 Å². The minimum absolute atomic E-state index is 0.519. The van der Waals surface area contributed by atoms with Crippen molar-refractivity contribution in [3.05, 3.63) is 90.3 Å². The fourth-order valence-corrected chi connectivity index (χ4v) is 3.73. The number of H-pyrrole nitrogens is 1. The third-order valence-corrected chi connectivity index (χ3v) is 5.22. The van der Waals surface area contributed by atoms with Crippen molar-refractivity contribution in [2.24, 2.45) is 0 Å². The summed E-state index contributed by atoms with van der Waals surface area (Å²) < 4.78 is 0. The Morgan fingerprint density at radius 3 is 2.27 bits per heavy atom. The highest BCUT2D eigenvalue weighted by Gasteiger charge is 2.30. The third kappa shape index (κ3) is 2.91. The number of aromatic nitrogens is 2. The van der Waals surface area contributed by atoms with Crippen molar-refractivity contribution in [1.29, 1.82) is 0 Å². The van der Waals surface area contributed by atoms with E-state index in [-0.39, 0.29) is 0 Å². The van der Waals surface area contributed by atoms with Crippen LogP contribution in [0.3, 0.4) is 0 Å². The maximum Gasteiger partial charge on any atom is 0.112 e. The van der Waals surface area contributed by atoms with Crippen LogP contribution in [0.1, 0.15) is 17.3 Å². The average Bonchev–Trinajstić information content (AvgIpc) is 3.09. The van der Waals surface area contributed by atoms with Crippen LogP contribution in [0.5, 0.6) is 0 Å². The summed E-state index contributed by atoms with van der Waals surface area (Å²) in [5.74, 6) is 1.65. The topological polar surface area (TPSA) is 31.9 Å². The van der Waals surface area contributed by atoms with E-state index >= 15 is 0 Å². The van der Waals surface area contributed by atoms with Gasteiger partial charge >= 0.3 is 0 Å². The van der Waals surface area contributed by atoms with Gasteiger partial charge in [-0.25, -0.2) is 4.98 Å². The second kappa shape index (κ2) is 6.43. The molecule has 1 aromatic heterocycles. The van der Waals surface area contributed by atoms with Crippen LogP contribution in [-0.4, -0.2) is 28.0 Å². The smallest absolute Gasteiger partial charge is 0.112 e. The zero-order valence-corrected chi connectivity index (χ0v) is 14.6. The Labute approximate surface area is 153 Å². The lowest BCUT2D eigenvalue weighted by Gasteiger charge is -2.38. The molecule has 0 saturated carbocycles. The molecular formula is C23H21N3. The van der Waals surface area contributed by atoms with Crippen molar-refractivity contribution in [3.8, 4) is 11.1 Å². The number of imidazole rings is 1. The molecule has 1 saturated heterocycles. The molecule has 3 heteroatoms. The first kappa shape index (κ1) is 15.4. The molecule has 3 aromatic carbocycles. The van der Waals surface area contributed by atoms with E-state index in [0.717, 1.165) is 36.5 Å². The zero-order chi connectivity index (χ0) is 17.3. The molecule has 1 aliphatic heterocycles. The number of rotatable bonds is 4. The first-order valence-corrected chi connectivity index (χ1v) is 9.16. The van der Waals surface area contributed by atoms with Crippen LogP contribution in [0.4, 0.5) is 0 Å². The van der Waals surface area contributed by atoms with Crippen molar-refractivity contribution in [2.45, 2.75) is 12.5 Å². The van der Waals surface area contributed by atoms with E-state index in [9.17, 15) is 0 Å². The summed E-state index contributed by atoms with van der Waals surface area (Å²) in [4.78, 5) is 10.7. The number of hydrogen-bond donors (Lipinski definition) is 1. The maximum atomic E-state index is 4.74. The fraction of sp³-hybridized carbons (Fsp3) is 0.174. The molecule has 3 nitrogen and oxygen atoms in total. The third-order valence-electron chi connectivity index (χ3n) is 5.22. The summed E-state index contributed by atoms with van der Waals surface area (Å²) >= 11 is 0. The van der Waals surface area contributed by atoms with E-state index < -0.39 is 0 Å². The molecule has 5 rings (SSSR count). The normalized spacial score (nSPS) is 15.2. The van der Waals surface area contributed by atoms with Gasteiger partial charge in [0.25, 0.3) is 0 Å². The van der Waals surface area contributed by atoms with Crippen LogP contribution < -0.4 is 0 Å². The number of nitrogens with one attached hydrogen (secondary N) is 1. The Balaban J connectivity index is 1.22. The van der Waals surface area contributed by atoms with E-state index in [1.165, 1.54) is 16.7 Å². The van der Waals surface area contributed by atoms with Gasteiger partial charge in [-0.1, -0.05) is 66.7 Å². The molecule has 26 heavy (non-hydrogen) atoms.